The molecular weight excluding hydrogens is 524 g/mol. The van der Waals surface area contributed by atoms with Crippen LogP contribution in [-0.4, -0.2) is 74.6 Å². The second-order valence-corrected chi connectivity index (χ2v) is 13.8. The van der Waals surface area contributed by atoms with Crippen LogP contribution in [0.25, 0.3) is 0 Å². The molecule has 0 saturated carbocycles. The lowest BCUT2D eigenvalue weighted by molar-refractivity contribution is -0.929. The Morgan fingerprint density at radius 3 is 0.590 bits per heavy atom. The third-order valence-corrected chi connectivity index (χ3v) is 7.89. The van der Waals surface area contributed by atoms with Gasteiger partial charge in [-0.05, 0) is 62.6 Å². The summed E-state index contributed by atoms with van der Waals surface area (Å²) in [5, 5.41) is 0. The van der Waals surface area contributed by atoms with Gasteiger partial charge < -0.3 is 18.1 Å². The summed E-state index contributed by atoms with van der Waals surface area (Å²) in [6.07, 6.45) is 22.1. The van der Waals surface area contributed by atoms with Gasteiger partial charge in [-0.1, -0.05) is 107 Å². The lowest BCUT2D eigenvalue weighted by Gasteiger charge is -2.39. The van der Waals surface area contributed by atoms with E-state index < -0.39 is 9.05 Å². The quantitative estimate of drug-likeness (QED) is 0.104. The van der Waals surface area contributed by atoms with Crippen LogP contribution in [0.5, 0.6) is 0 Å². The van der Waals surface area contributed by atoms with Crippen LogP contribution in [0.3, 0.4) is 0 Å². The van der Waals surface area contributed by atoms with Gasteiger partial charge >= 0.3 is 0 Å². The van der Waals surface area contributed by atoms with Gasteiger partial charge in [-0.3, -0.25) is 4.21 Å². The highest BCUT2D eigenvalue weighted by Gasteiger charge is 2.25. The molecule has 39 heavy (non-hydrogen) atoms. The maximum Gasteiger partial charge on any atom is 0.0786 e. The van der Waals surface area contributed by atoms with Gasteiger partial charge in [-0.25, -0.2) is 0 Å². The summed E-state index contributed by atoms with van der Waals surface area (Å²) in [5.74, 6) is 0. The molecule has 0 aromatic heterocycles. The fourth-order valence-electron chi connectivity index (χ4n) is 5.29. The molecule has 0 spiro atoms. The molecule has 0 saturated heterocycles. The molecule has 7 heteroatoms. The Morgan fingerprint density at radius 1 is 0.410 bits per heavy atom. The van der Waals surface area contributed by atoms with Crippen LogP contribution in [0.2, 0.25) is 0 Å². The highest BCUT2D eigenvalue weighted by atomic mass is 32.9. The lowest BCUT2D eigenvalue weighted by atomic mass is 10.1. The van der Waals surface area contributed by atoms with Crippen LogP contribution in [0.15, 0.2) is 0 Å². The SMILES string of the molecule is CCCC[N+](CCCC)(CCCC)CCCC.CCCC[N+](CCCC)(CCCC)CCCC.O=S([O-])([O-])=S. The minimum atomic E-state index is -4.33. The van der Waals surface area contributed by atoms with Crippen molar-refractivity contribution in [1.29, 1.82) is 0 Å². The second kappa shape index (κ2) is 29.7. The number of unbranched alkanes of at least 4 members (excludes halogenated alkanes) is 8. The Bertz CT molecular complexity index is 467. The molecule has 0 aliphatic heterocycles. The van der Waals surface area contributed by atoms with Crippen LogP contribution < -0.4 is 0 Å². The van der Waals surface area contributed by atoms with E-state index in [9.17, 15) is 0 Å². The zero-order chi connectivity index (χ0) is 30.5. The molecule has 0 aliphatic carbocycles. The van der Waals surface area contributed by atoms with Gasteiger partial charge in [0.1, 0.15) is 0 Å². The number of rotatable bonds is 24. The van der Waals surface area contributed by atoms with E-state index in [1.807, 2.05) is 0 Å². The fourth-order valence-corrected chi connectivity index (χ4v) is 5.29. The average Bonchev–Trinajstić information content (AvgIpc) is 2.91. The van der Waals surface area contributed by atoms with Crippen LogP contribution >= 0.6 is 0 Å². The summed E-state index contributed by atoms with van der Waals surface area (Å²) in [6, 6.07) is 0. The Morgan fingerprint density at radius 2 is 0.513 bits per heavy atom. The first-order valence-corrected chi connectivity index (χ1v) is 19.2. The highest BCUT2D eigenvalue weighted by molar-refractivity contribution is 8.26. The molecule has 0 rings (SSSR count). The standard InChI is InChI=1S/2C16H36N.H2O3S2/c2*1-5-9-13-17(14-10-6-2,15-11-7-3)16-12-8-4;1-5(2,3)4/h2*5-16H2,1-4H3;(H2,1,2,3,4)/q2*+1;/p-2. The Kier molecular flexibility index (Phi) is 33.2. The van der Waals surface area contributed by atoms with Gasteiger partial charge in [0.25, 0.3) is 0 Å². The molecular formula is C32H72N2O3S2. The van der Waals surface area contributed by atoms with Crippen molar-refractivity contribution in [3.05, 3.63) is 0 Å². The largest absolute Gasteiger partial charge is 0.780 e. The maximum atomic E-state index is 8.89. The number of quaternary nitrogens is 2. The molecule has 5 nitrogen and oxygen atoms in total. The molecule has 0 N–H and O–H groups in total. The molecule has 0 amide bonds. The Balaban J connectivity index is -0.000000566. The summed E-state index contributed by atoms with van der Waals surface area (Å²) in [5.41, 5.74) is 0. The zero-order valence-corrected chi connectivity index (χ0v) is 29.5. The van der Waals surface area contributed by atoms with Gasteiger partial charge in [-0.2, -0.15) is 0 Å². The van der Waals surface area contributed by atoms with E-state index >= 15 is 0 Å². The minimum absolute atomic E-state index is 1.35. The Labute approximate surface area is 252 Å². The Hall–Kier alpha value is 0.210. The van der Waals surface area contributed by atoms with Gasteiger partial charge in [-0.15, -0.1) is 9.05 Å². The van der Waals surface area contributed by atoms with Crippen molar-refractivity contribution in [3.8, 4) is 0 Å². The highest BCUT2D eigenvalue weighted by Crippen LogP contribution is 2.17. The number of nitrogens with zero attached hydrogens (tertiary/aromatic N) is 2. The predicted octanol–water partition coefficient (Wildman–Crippen LogP) is 9.00. The van der Waals surface area contributed by atoms with Gasteiger partial charge in [0.2, 0.25) is 0 Å². The molecule has 0 radical (unpaired) electrons. The first-order valence-electron chi connectivity index (χ1n) is 16.9. The second-order valence-electron chi connectivity index (χ2n) is 11.7. The number of hydrogen-bond acceptors (Lipinski definition) is 4. The van der Waals surface area contributed by atoms with Crippen LogP contribution in [0.4, 0.5) is 0 Å². The third-order valence-electron chi connectivity index (χ3n) is 7.89. The molecule has 0 heterocycles. The fraction of sp³-hybridized carbons (Fsp3) is 1.00. The van der Waals surface area contributed by atoms with Gasteiger partial charge in [0, 0.05) is 0 Å². The minimum Gasteiger partial charge on any atom is -0.780 e. The summed E-state index contributed by atoms with van der Waals surface area (Å²) in [6.45, 7) is 30.0. The predicted molar refractivity (Wildman–Crippen MR) is 176 cm³/mol. The molecule has 0 atom stereocenters. The number of hydrogen-bond donors (Lipinski definition) is 0. The first-order chi connectivity index (χ1) is 18.5. The van der Waals surface area contributed by atoms with Gasteiger partial charge in [0.05, 0.1) is 52.4 Å². The van der Waals surface area contributed by atoms with Crippen LogP contribution in [0, 0.1) is 0 Å². The van der Waals surface area contributed by atoms with E-state index in [4.69, 9.17) is 13.3 Å². The van der Waals surface area contributed by atoms with Crippen molar-refractivity contribution in [3.63, 3.8) is 0 Å². The smallest absolute Gasteiger partial charge is 0.0786 e. The molecule has 0 aromatic carbocycles. The van der Waals surface area contributed by atoms with Crippen molar-refractivity contribution in [2.45, 2.75) is 158 Å². The molecule has 0 unspecified atom stereocenters. The van der Waals surface area contributed by atoms with E-state index in [1.165, 1.54) is 164 Å². The molecule has 0 aliphatic rings. The normalized spacial score (nSPS) is 11.9. The van der Waals surface area contributed by atoms with E-state index in [0.717, 1.165) is 0 Å². The third kappa shape index (κ3) is 31.0. The summed E-state index contributed by atoms with van der Waals surface area (Å²) >= 11 is 3.24. The maximum absolute atomic E-state index is 8.89. The van der Waals surface area contributed by atoms with Crippen LogP contribution in [-0.2, 0) is 20.2 Å². The van der Waals surface area contributed by atoms with E-state index in [-0.39, 0.29) is 0 Å². The van der Waals surface area contributed by atoms with Crippen molar-refractivity contribution in [2.24, 2.45) is 0 Å². The molecule has 0 aromatic rings. The zero-order valence-electron chi connectivity index (χ0n) is 27.9. The van der Waals surface area contributed by atoms with E-state index in [2.05, 4.69) is 66.6 Å². The van der Waals surface area contributed by atoms with Crippen molar-refractivity contribution < 1.29 is 22.3 Å². The monoisotopic (exact) mass is 596 g/mol. The summed E-state index contributed by atoms with van der Waals surface area (Å²) in [7, 11) is -4.33. The summed E-state index contributed by atoms with van der Waals surface area (Å²) in [4.78, 5) is 0. The average molecular weight is 597 g/mol. The first kappa shape index (κ1) is 43.7. The molecule has 240 valence electrons. The topological polar surface area (TPSA) is 63.2 Å². The molecule has 0 fully saturated rings. The van der Waals surface area contributed by atoms with Crippen molar-refractivity contribution in [1.82, 2.24) is 0 Å². The summed E-state index contributed by atoms with van der Waals surface area (Å²) < 4.78 is 29.5. The van der Waals surface area contributed by atoms with Crippen molar-refractivity contribution in [2.75, 3.05) is 52.4 Å². The van der Waals surface area contributed by atoms with E-state index in [0.29, 0.717) is 0 Å². The van der Waals surface area contributed by atoms with Crippen LogP contribution in [0.1, 0.15) is 158 Å². The van der Waals surface area contributed by atoms with Gasteiger partial charge in [0.15, 0.2) is 0 Å². The lowest BCUT2D eigenvalue weighted by Crippen LogP contribution is -2.50. The molecule has 0 bridgehead atoms. The van der Waals surface area contributed by atoms with E-state index in [1.54, 1.807) is 0 Å². The van der Waals surface area contributed by atoms with Crippen molar-refractivity contribution >= 4 is 20.2 Å².